The van der Waals surface area contributed by atoms with E-state index >= 15 is 0 Å². The lowest BCUT2D eigenvalue weighted by Gasteiger charge is -2.29. The third kappa shape index (κ3) is 7.69. The van der Waals surface area contributed by atoms with Crippen molar-refractivity contribution in [1.82, 2.24) is 15.3 Å². The van der Waals surface area contributed by atoms with Gasteiger partial charge in [-0.15, -0.1) is 0 Å². The molecule has 0 spiro atoms. The number of aromatic carboxylic acids is 1. The number of carbonyl (C=O) groups is 3. The number of hydrogen-bond acceptors (Lipinski definition) is 7. The van der Waals surface area contributed by atoms with E-state index < -0.39 is 5.97 Å². The number of nitrogens with zero attached hydrogens (tertiary/aromatic N) is 2. The van der Waals surface area contributed by atoms with Crippen molar-refractivity contribution in [1.29, 1.82) is 0 Å². The minimum Gasteiger partial charge on any atom is -0.490 e. The summed E-state index contributed by atoms with van der Waals surface area (Å²) < 4.78 is 12.0. The summed E-state index contributed by atoms with van der Waals surface area (Å²) in [7, 11) is 0. The van der Waals surface area contributed by atoms with Crippen LogP contribution in [0.5, 0.6) is 17.4 Å². The van der Waals surface area contributed by atoms with E-state index in [0.717, 1.165) is 31.4 Å². The number of carbonyl (C=O) groups excluding carboxylic acids is 2. The van der Waals surface area contributed by atoms with Crippen molar-refractivity contribution in [3.8, 4) is 17.4 Å². The zero-order valence-electron chi connectivity index (χ0n) is 22.7. The summed E-state index contributed by atoms with van der Waals surface area (Å²) in [6, 6.07) is 22.3. The molecule has 0 atom stereocenters. The van der Waals surface area contributed by atoms with E-state index in [9.17, 15) is 19.5 Å². The van der Waals surface area contributed by atoms with Crippen LogP contribution in [-0.2, 0) is 11.2 Å². The third-order valence-corrected chi connectivity index (χ3v) is 6.85. The minimum absolute atomic E-state index is 0.0269. The van der Waals surface area contributed by atoms with Crippen molar-refractivity contribution in [3.63, 3.8) is 0 Å². The van der Waals surface area contributed by atoms with Gasteiger partial charge in [0.05, 0.1) is 23.8 Å². The predicted octanol–water partition coefficient (Wildman–Crippen LogP) is 5.27. The molecule has 4 aromatic rings. The Bertz CT molecular complexity index is 1520. The topological polar surface area (TPSA) is 140 Å². The second kappa shape index (κ2) is 13.4. The summed E-state index contributed by atoms with van der Waals surface area (Å²) in [6.45, 7) is 0. The SMILES string of the molecule is O=C(Cc1ccc(Oc2ccc(OC3CCC(NC(=O)c4ccccn4)CC3)cc2)nc1)Nc1ccccc1C(=O)O. The van der Waals surface area contributed by atoms with E-state index in [1.807, 2.05) is 12.1 Å². The summed E-state index contributed by atoms with van der Waals surface area (Å²) in [5.74, 6) is 0.0889. The number of ether oxygens (including phenoxy) is 2. The number of benzene rings is 2. The standard InChI is InChI=1S/C32H30N4O6/c37-29(36-27-6-2-1-5-26(27)32(39)40)19-21-8-17-30(34-20-21)42-25-15-13-24(14-16-25)41-23-11-9-22(10-12-23)35-31(38)28-7-3-4-18-33-28/h1-8,13-18,20,22-23H,9-12,19H2,(H,35,38)(H,36,37)(H,39,40). The van der Waals surface area contributed by atoms with Crippen molar-refractivity contribution in [2.75, 3.05) is 5.32 Å². The molecule has 2 aromatic carbocycles. The molecule has 2 heterocycles. The molecule has 3 N–H and O–H groups in total. The van der Waals surface area contributed by atoms with Gasteiger partial charge in [0.25, 0.3) is 5.91 Å². The van der Waals surface area contributed by atoms with Gasteiger partial charge in [0.2, 0.25) is 11.8 Å². The number of para-hydroxylation sites is 1. The highest BCUT2D eigenvalue weighted by Gasteiger charge is 2.24. The molecule has 10 heteroatoms. The van der Waals surface area contributed by atoms with Crippen molar-refractivity contribution < 1.29 is 29.0 Å². The highest BCUT2D eigenvalue weighted by Crippen LogP contribution is 2.27. The number of carboxylic acids is 1. The molecule has 0 aliphatic heterocycles. The molecule has 0 bridgehead atoms. The van der Waals surface area contributed by atoms with E-state index in [-0.39, 0.29) is 41.6 Å². The molecule has 42 heavy (non-hydrogen) atoms. The number of hydrogen-bond donors (Lipinski definition) is 3. The fourth-order valence-electron chi connectivity index (χ4n) is 4.72. The summed E-state index contributed by atoms with van der Waals surface area (Å²) in [5.41, 5.74) is 1.35. The number of rotatable bonds is 10. The molecule has 10 nitrogen and oxygen atoms in total. The fourth-order valence-corrected chi connectivity index (χ4v) is 4.72. The van der Waals surface area contributed by atoms with Crippen LogP contribution >= 0.6 is 0 Å². The number of pyridine rings is 2. The highest BCUT2D eigenvalue weighted by atomic mass is 16.5. The van der Waals surface area contributed by atoms with Crippen molar-refractivity contribution in [3.05, 3.63) is 108 Å². The first-order chi connectivity index (χ1) is 20.4. The van der Waals surface area contributed by atoms with Gasteiger partial charge in [-0.3, -0.25) is 14.6 Å². The Morgan fingerprint density at radius 3 is 2.26 bits per heavy atom. The molecule has 2 aromatic heterocycles. The van der Waals surface area contributed by atoms with Gasteiger partial charge in [0.15, 0.2) is 0 Å². The average molecular weight is 567 g/mol. The van der Waals surface area contributed by atoms with Crippen molar-refractivity contribution in [2.45, 2.75) is 44.2 Å². The highest BCUT2D eigenvalue weighted by molar-refractivity contribution is 6.01. The molecule has 5 rings (SSSR count). The Labute approximate surface area is 242 Å². The van der Waals surface area contributed by atoms with E-state index in [2.05, 4.69) is 20.6 Å². The number of anilines is 1. The van der Waals surface area contributed by atoms with E-state index in [1.54, 1.807) is 73.1 Å². The van der Waals surface area contributed by atoms with E-state index in [1.165, 1.54) is 6.07 Å². The Hall–Kier alpha value is -5.25. The van der Waals surface area contributed by atoms with Gasteiger partial charge in [-0.1, -0.05) is 24.3 Å². The predicted molar refractivity (Wildman–Crippen MR) is 155 cm³/mol. The lowest BCUT2D eigenvalue weighted by Crippen LogP contribution is -2.40. The van der Waals surface area contributed by atoms with E-state index in [0.29, 0.717) is 22.9 Å². The molecule has 214 valence electrons. The Kier molecular flexibility index (Phi) is 9.03. The first-order valence-electron chi connectivity index (χ1n) is 13.7. The Balaban J connectivity index is 1.06. The van der Waals surface area contributed by atoms with Crippen LogP contribution in [-0.4, -0.2) is 45.0 Å². The number of aromatic nitrogens is 2. The van der Waals surface area contributed by atoms with Gasteiger partial charge in [-0.25, -0.2) is 9.78 Å². The molecular weight excluding hydrogens is 536 g/mol. The van der Waals surface area contributed by atoms with Crippen LogP contribution in [0.3, 0.4) is 0 Å². The van der Waals surface area contributed by atoms with Gasteiger partial charge < -0.3 is 25.2 Å². The van der Waals surface area contributed by atoms with Crippen LogP contribution in [0.1, 0.15) is 52.1 Å². The van der Waals surface area contributed by atoms with Crippen LogP contribution < -0.4 is 20.1 Å². The zero-order valence-corrected chi connectivity index (χ0v) is 22.7. The third-order valence-electron chi connectivity index (χ3n) is 6.85. The van der Waals surface area contributed by atoms with Crippen LogP contribution in [0.15, 0.2) is 91.3 Å². The average Bonchev–Trinajstić information content (AvgIpc) is 3.00. The van der Waals surface area contributed by atoms with Crippen molar-refractivity contribution >= 4 is 23.5 Å². The second-order valence-electron chi connectivity index (χ2n) is 9.93. The maximum Gasteiger partial charge on any atom is 0.337 e. The maximum absolute atomic E-state index is 12.4. The number of amides is 2. The molecule has 1 aliphatic rings. The van der Waals surface area contributed by atoms with Crippen LogP contribution in [0.4, 0.5) is 5.69 Å². The van der Waals surface area contributed by atoms with Gasteiger partial charge in [-0.05, 0) is 79.8 Å². The molecule has 1 fully saturated rings. The monoisotopic (exact) mass is 566 g/mol. The van der Waals surface area contributed by atoms with Crippen LogP contribution in [0.2, 0.25) is 0 Å². The zero-order chi connectivity index (χ0) is 29.3. The normalized spacial score (nSPS) is 16.2. The summed E-state index contributed by atoms with van der Waals surface area (Å²) >= 11 is 0. The molecular formula is C32H30N4O6. The number of carboxylic acid groups (broad SMARTS) is 1. The van der Waals surface area contributed by atoms with Gasteiger partial charge in [-0.2, -0.15) is 0 Å². The molecule has 1 aliphatic carbocycles. The first kappa shape index (κ1) is 28.3. The van der Waals surface area contributed by atoms with Crippen LogP contribution in [0, 0.1) is 0 Å². The van der Waals surface area contributed by atoms with E-state index in [4.69, 9.17) is 9.47 Å². The molecule has 2 amide bonds. The van der Waals surface area contributed by atoms with Gasteiger partial charge in [0, 0.05) is 24.5 Å². The first-order valence-corrected chi connectivity index (χ1v) is 13.7. The lowest BCUT2D eigenvalue weighted by molar-refractivity contribution is -0.115. The largest absolute Gasteiger partial charge is 0.490 e. The fraction of sp³-hybridized carbons (Fsp3) is 0.219. The summed E-state index contributed by atoms with van der Waals surface area (Å²) in [6.07, 6.45) is 6.62. The molecule has 0 saturated heterocycles. The minimum atomic E-state index is -1.11. The molecule has 0 radical (unpaired) electrons. The Morgan fingerprint density at radius 1 is 0.833 bits per heavy atom. The van der Waals surface area contributed by atoms with Gasteiger partial charge >= 0.3 is 5.97 Å². The summed E-state index contributed by atoms with van der Waals surface area (Å²) in [5, 5.41) is 15.0. The second-order valence-corrected chi connectivity index (χ2v) is 9.93. The number of nitrogens with one attached hydrogen (secondary N) is 2. The smallest absolute Gasteiger partial charge is 0.337 e. The Morgan fingerprint density at radius 2 is 1.57 bits per heavy atom. The van der Waals surface area contributed by atoms with Crippen molar-refractivity contribution in [2.24, 2.45) is 0 Å². The molecule has 1 saturated carbocycles. The quantitative estimate of drug-likeness (QED) is 0.236. The lowest BCUT2D eigenvalue weighted by atomic mass is 9.93. The summed E-state index contributed by atoms with van der Waals surface area (Å²) in [4.78, 5) is 44.5. The van der Waals surface area contributed by atoms with Crippen LogP contribution in [0.25, 0.3) is 0 Å². The molecule has 0 unspecified atom stereocenters. The maximum atomic E-state index is 12.4. The van der Waals surface area contributed by atoms with Gasteiger partial charge in [0.1, 0.15) is 17.2 Å².